The number of aryl methyl sites for hydroxylation is 1. The molecule has 2 fully saturated rings. The third-order valence-corrected chi connectivity index (χ3v) is 11.0. The number of hydrogen-bond acceptors (Lipinski definition) is 7. The Morgan fingerprint density at radius 2 is 1.81 bits per heavy atom. The van der Waals surface area contributed by atoms with Crippen LogP contribution >= 0.6 is 11.3 Å². The lowest BCUT2D eigenvalue weighted by molar-refractivity contribution is 0.203. The number of ether oxygens (including phenoxy) is 1. The van der Waals surface area contributed by atoms with Crippen molar-refractivity contribution < 1.29 is 26.3 Å². The molecular formula is C31H31F3N4O3S2. The number of pyridine rings is 1. The first-order chi connectivity index (χ1) is 20.7. The van der Waals surface area contributed by atoms with Crippen molar-refractivity contribution in [2.24, 2.45) is 0 Å². The topological polar surface area (TPSA) is 75.6 Å². The molecule has 1 aliphatic carbocycles. The van der Waals surface area contributed by atoms with E-state index in [9.17, 15) is 17.2 Å². The van der Waals surface area contributed by atoms with Gasteiger partial charge in [-0.1, -0.05) is 6.07 Å². The Labute approximate surface area is 253 Å². The number of thiazole rings is 1. The molecule has 0 bridgehead atoms. The Bertz CT molecular complexity index is 1750. The van der Waals surface area contributed by atoms with Gasteiger partial charge < -0.3 is 9.64 Å². The van der Waals surface area contributed by atoms with Crippen molar-refractivity contribution in [2.75, 3.05) is 31.2 Å². The average molecular weight is 629 g/mol. The SMILES string of the molecule is COCN(c1cccc(-c2nc(C3CCN(C4CC4)CC3)sc2-c2ccnc(C)c2)c1F)S(=O)(=O)c1cc(F)ccc1F. The highest BCUT2D eigenvalue weighted by molar-refractivity contribution is 7.92. The molecule has 0 radical (unpaired) electrons. The molecule has 6 rings (SSSR count). The van der Waals surface area contributed by atoms with Crippen LogP contribution in [0.2, 0.25) is 0 Å². The molecule has 0 spiro atoms. The fraction of sp³-hybridized carbons (Fsp3) is 0.355. The highest BCUT2D eigenvalue weighted by Gasteiger charge is 2.35. The number of piperidine rings is 1. The summed E-state index contributed by atoms with van der Waals surface area (Å²) < 4.78 is 78.0. The van der Waals surface area contributed by atoms with Crippen molar-refractivity contribution in [1.82, 2.24) is 14.9 Å². The largest absolute Gasteiger partial charge is 0.363 e. The third kappa shape index (κ3) is 5.93. The molecule has 0 amide bonds. The first kappa shape index (κ1) is 29.7. The fourth-order valence-electron chi connectivity index (χ4n) is 5.60. The van der Waals surface area contributed by atoms with Gasteiger partial charge >= 0.3 is 0 Å². The lowest BCUT2D eigenvalue weighted by Crippen LogP contribution is -2.34. The maximum absolute atomic E-state index is 16.5. The molecule has 0 atom stereocenters. The number of anilines is 1. The number of nitrogens with zero attached hydrogens (tertiary/aromatic N) is 4. The van der Waals surface area contributed by atoms with Crippen LogP contribution in [-0.4, -0.2) is 56.3 Å². The predicted molar refractivity (Wildman–Crippen MR) is 160 cm³/mol. The summed E-state index contributed by atoms with van der Waals surface area (Å²) in [7, 11) is -3.52. The van der Waals surface area contributed by atoms with Gasteiger partial charge in [0.15, 0.2) is 5.82 Å². The van der Waals surface area contributed by atoms with E-state index < -0.39 is 39.1 Å². The number of rotatable bonds is 9. The lowest BCUT2D eigenvalue weighted by atomic mass is 9.97. The number of halogens is 3. The summed E-state index contributed by atoms with van der Waals surface area (Å²) in [6.07, 6.45) is 6.12. The second kappa shape index (κ2) is 12.0. The molecule has 226 valence electrons. The van der Waals surface area contributed by atoms with Gasteiger partial charge in [-0.25, -0.2) is 30.9 Å². The summed E-state index contributed by atoms with van der Waals surface area (Å²) in [5, 5.41) is 0.905. The lowest BCUT2D eigenvalue weighted by Gasteiger charge is -2.30. The first-order valence-corrected chi connectivity index (χ1v) is 16.4. The predicted octanol–water partition coefficient (Wildman–Crippen LogP) is 6.74. The molecule has 2 aliphatic rings. The standard InChI is InChI=1S/C31H31F3N4O3S2/c1-19-16-21(10-13-35-19)30-29(36-31(42-30)20-11-14-37(15-12-20)23-7-8-23)24-4-3-5-26(28(24)34)38(18-41-2)43(39,40)27-17-22(32)6-9-25(27)33/h3-6,9-10,13,16-17,20,23H,7-8,11-12,14-15,18H2,1-2H3. The third-order valence-electron chi connectivity index (χ3n) is 7.95. The monoisotopic (exact) mass is 628 g/mol. The Balaban J connectivity index is 1.44. The van der Waals surface area contributed by atoms with Crippen LogP contribution in [0.4, 0.5) is 18.9 Å². The normalized spacial score (nSPS) is 16.5. The van der Waals surface area contributed by atoms with Crippen LogP contribution in [0.15, 0.2) is 59.6 Å². The van der Waals surface area contributed by atoms with Gasteiger partial charge in [0, 0.05) is 36.5 Å². The van der Waals surface area contributed by atoms with E-state index in [1.165, 1.54) is 43.4 Å². The van der Waals surface area contributed by atoms with Gasteiger partial charge in [0.05, 0.1) is 21.3 Å². The van der Waals surface area contributed by atoms with Gasteiger partial charge in [-0.2, -0.15) is 0 Å². The van der Waals surface area contributed by atoms with E-state index >= 15 is 4.39 Å². The average Bonchev–Trinajstić information content (AvgIpc) is 3.76. The van der Waals surface area contributed by atoms with E-state index in [0.29, 0.717) is 22.1 Å². The Hall–Kier alpha value is -3.32. The smallest absolute Gasteiger partial charge is 0.269 e. The molecule has 43 heavy (non-hydrogen) atoms. The summed E-state index contributed by atoms with van der Waals surface area (Å²) in [5.41, 5.74) is 1.74. The van der Waals surface area contributed by atoms with Crippen LogP contribution in [0.1, 0.15) is 42.3 Å². The van der Waals surface area contributed by atoms with Crippen molar-refractivity contribution in [3.8, 4) is 21.7 Å². The zero-order valence-electron chi connectivity index (χ0n) is 23.8. The molecule has 2 aromatic carbocycles. The van der Waals surface area contributed by atoms with Gasteiger partial charge in [-0.3, -0.25) is 4.98 Å². The summed E-state index contributed by atoms with van der Waals surface area (Å²) >= 11 is 1.52. The second-order valence-electron chi connectivity index (χ2n) is 10.9. The Morgan fingerprint density at radius 3 is 2.51 bits per heavy atom. The van der Waals surface area contributed by atoms with Crippen molar-refractivity contribution >= 4 is 27.0 Å². The number of methoxy groups -OCH3 is 1. The van der Waals surface area contributed by atoms with Crippen molar-refractivity contribution in [3.63, 3.8) is 0 Å². The highest BCUT2D eigenvalue weighted by Crippen LogP contribution is 2.44. The minimum Gasteiger partial charge on any atom is -0.363 e. The van der Waals surface area contributed by atoms with E-state index in [-0.39, 0.29) is 17.2 Å². The molecule has 1 aliphatic heterocycles. The van der Waals surface area contributed by atoms with Gasteiger partial charge in [0.25, 0.3) is 10.0 Å². The number of sulfonamides is 1. The number of aromatic nitrogens is 2. The molecule has 0 N–H and O–H groups in total. The Kier molecular flexibility index (Phi) is 8.29. The van der Waals surface area contributed by atoms with Crippen LogP contribution in [0.3, 0.4) is 0 Å². The van der Waals surface area contributed by atoms with Crippen molar-refractivity contribution in [1.29, 1.82) is 0 Å². The Morgan fingerprint density at radius 1 is 1.05 bits per heavy atom. The first-order valence-electron chi connectivity index (χ1n) is 14.1. The molecule has 3 heterocycles. The van der Waals surface area contributed by atoms with Crippen molar-refractivity contribution in [3.05, 3.63) is 82.9 Å². The summed E-state index contributed by atoms with van der Waals surface area (Å²) in [4.78, 5) is 11.6. The molecule has 1 saturated carbocycles. The van der Waals surface area contributed by atoms with E-state index in [1.807, 2.05) is 19.1 Å². The van der Waals surface area contributed by atoms with Crippen LogP contribution in [0.5, 0.6) is 0 Å². The van der Waals surface area contributed by atoms with E-state index in [0.717, 1.165) is 59.2 Å². The minimum atomic E-state index is -4.76. The van der Waals surface area contributed by atoms with E-state index in [2.05, 4.69) is 9.88 Å². The molecule has 1 saturated heterocycles. The molecule has 4 aromatic rings. The van der Waals surface area contributed by atoms with Crippen LogP contribution in [0.25, 0.3) is 21.7 Å². The van der Waals surface area contributed by atoms with Gasteiger partial charge in [-0.15, -0.1) is 11.3 Å². The van der Waals surface area contributed by atoms with E-state index in [1.54, 1.807) is 12.3 Å². The molecular weight excluding hydrogens is 597 g/mol. The van der Waals surface area contributed by atoms with Gasteiger partial charge in [-0.05, 0) is 93.7 Å². The molecule has 7 nitrogen and oxygen atoms in total. The summed E-state index contributed by atoms with van der Waals surface area (Å²) in [6.45, 7) is 3.24. The van der Waals surface area contributed by atoms with Gasteiger partial charge in [0.2, 0.25) is 0 Å². The number of benzene rings is 2. The minimum absolute atomic E-state index is 0.0934. The van der Waals surface area contributed by atoms with E-state index in [4.69, 9.17) is 9.72 Å². The quantitative estimate of drug-likeness (QED) is 0.191. The molecule has 2 aromatic heterocycles. The molecule has 12 heteroatoms. The maximum Gasteiger partial charge on any atom is 0.269 e. The maximum atomic E-state index is 16.5. The number of likely N-dealkylation sites (tertiary alicyclic amines) is 1. The highest BCUT2D eigenvalue weighted by atomic mass is 32.2. The zero-order chi connectivity index (χ0) is 30.3. The van der Waals surface area contributed by atoms with Crippen LogP contribution < -0.4 is 4.31 Å². The number of hydrogen-bond donors (Lipinski definition) is 0. The summed E-state index contributed by atoms with van der Waals surface area (Å²) in [6, 6.07) is 10.9. The van der Waals surface area contributed by atoms with Crippen LogP contribution in [-0.2, 0) is 14.8 Å². The van der Waals surface area contributed by atoms with Crippen LogP contribution in [0, 0.1) is 24.4 Å². The second-order valence-corrected chi connectivity index (χ2v) is 13.8. The summed E-state index contributed by atoms with van der Waals surface area (Å²) in [5.74, 6) is -2.75. The molecule has 0 unspecified atom stereocenters. The van der Waals surface area contributed by atoms with Crippen molar-refractivity contribution in [2.45, 2.75) is 49.5 Å². The van der Waals surface area contributed by atoms with Gasteiger partial charge in [0.1, 0.15) is 23.3 Å². The fourth-order valence-corrected chi connectivity index (χ4v) is 8.31. The zero-order valence-corrected chi connectivity index (χ0v) is 25.4.